The number of benzene rings is 2. The van der Waals surface area contributed by atoms with Crippen LogP contribution < -0.4 is 15.8 Å². The number of nitrogens with one attached hydrogen (secondary N) is 1. The number of hydrogen-bond donors (Lipinski definition) is 2. The molecule has 0 aliphatic heterocycles. The largest absolute Gasteiger partial charge is 0.496 e. The number of rotatable bonds is 5. The van der Waals surface area contributed by atoms with Crippen molar-refractivity contribution in [3.8, 4) is 5.75 Å². The summed E-state index contributed by atoms with van der Waals surface area (Å²) < 4.78 is 5.37. The van der Waals surface area contributed by atoms with Gasteiger partial charge in [0.15, 0.2) is 5.96 Å². The van der Waals surface area contributed by atoms with Gasteiger partial charge in [-0.15, -0.1) is 0 Å². The highest BCUT2D eigenvalue weighted by Crippen LogP contribution is 2.26. The lowest BCUT2D eigenvalue weighted by Crippen LogP contribution is -2.23. The van der Waals surface area contributed by atoms with Gasteiger partial charge in [-0.25, -0.2) is 0 Å². The van der Waals surface area contributed by atoms with E-state index in [0.717, 1.165) is 17.0 Å². The summed E-state index contributed by atoms with van der Waals surface area (Å²) in [6.45, 7) is 2.71. The number of guanidine groups is 1. The van der Waals surface area contributed by atoms with Gasteiger partial charge < -0.3 is 15.8 Å². The summed E-state index contributed by atoms with van der Waals surface area (Å²) >= 11 is 0. The van der Waals surface area contributed by atoms with Gasteiger partial charge in [0.25, 0.3) is 0 Å². The molecule has 2 aromatic rings. The van der Waals surface area contributed by atoms with Crippen molar-refractivity contribution in [2.24, 2.45) is 10.7 Å². The summed E-state index contributed by atoms with van der Waals surface area (Å²) in [6, 6.07) is 17.7. The van der Waals surface area contributed by atoms with Gasteiger partial charge in [-0.05, 0) is 23.8 Å². The number of nitrogens with zero attached hydrogens (tertiary/aromatic N) is 1. The predicted octanol–water partition coefficient (Wildman–Crippen LogP) is 3.23. The molecule has 4 heteroatoms. The van der Waals surface area contributed by atoms with E-state index in [9.17, 15) is 0 Å². The molecule has 1 atom stereocenters. The van der Waals surface area contributed by atoms with Gasteiger partial charge in [0.2, 0.25) is 0 Å². The van der Waals surface area contributed by atoms with E-state index in [2.05, 4.69) is 23.3 Å². The van der Waals surface area contributed by atoms with Crippen LogP contribution in [0.3, 0.4) is 0 Å². The number of hydrogen-bond acceptors (Lipinski definition) is 2. The van der Waals surface area contributed by atoms with Gasteiger partial charge >= 0.3 is 0 Å². The van der Waals surface area contributed by atoms with Crippen LogP contribution in [0.1, 0.15) is 18.4 Å². The molecule has 0 aliphatic carbocycles. The molecule has 4 nitrogen and oxygen atoms in total. The summed E-state index contributed by atoms with van der Waals surface area (Å²) in [5.74, 6) is 1.54. The molecule has 21 heavy (non-hydrogen) atoms. The Morgan fingerprint density at radius 1 is 1.14 bits per heavy atom. The molecule has 0 bridgehead atoms. The van der Waals surface area contributed by atoms with Gasteiger partial charge in [-0.3, -0.25) is 4.99 Å². The van der Waals surface area contributed by atoms with Crippen molar-refractivity contribution in [2.75, 3.05) is 19.0 Å². The van der Waals surface area contributed by atoms with Crippen molar-refractivity contribution in [3.63, 3.8) is 0 Å². The monoisotopic (exact) mass is 283 g/mol. The Morgan fingerprint density at radius 3 is 2.52 bits per heavy atom. The quantitative estimate of drug-likeness (QED) is 0.654. The summed E-state index contributed by atoms with van der Waals surface area (Å²) in [5, 5.41) is 3.07. The normalized spacial score (nSPS) is 12.8. The second kappa shape index (κ2) is 7.33. The molecule has 0 saturated carbocycles. The van der Waals surface area contributed by atoms with Crippen molar-refractivity contribution >= 4 is 11.6 Å². The van der Waals surface area contributed by atoms with Crippen molar-refractivity contribution in [3.05, 3.63) is 60.2 Å². The lowest BCUT2D eigenvalue weighted by Gasteiger charge is -2.14. The molecular formula is C17H21N3O. The van der Waals surface area contributed by atoms with Crippen LogP contribution in [0.5, 0.6) is 5.75 Å². The number of ether oxygens (including phenoxy) is 1. The molecule has 0 aromatic heterocycles. The van der Waals surface area contributed by atoms with Crippen molar-refractivity contribution in [1.82, 2.24) is 0 Å². The first-order valence-corrected chi connectivity index (χ1v) is 6.95. The molecule has 0 amide bonds. The molecule has 2 aromatic carbocycles. The number of methoxy groups -OCH3 is 1. The number of para-hydroxylation sites is 2. The smallest absolute Gasteiger partial charge is 0.193 e. The third kappa shape index (κ3) is 4.24. The topological polar surface area (TPSA) is 59.6 Å². The Bertz CT molecular complexity index is 596. The Kier molecular flexibility index (Phi) is 5.21. The second-order valence-electron chi connectivity index (χ2n) is 4.86. The molecule has 2 rings (SSSR count). The first-order valence-electron chi connectivity index (χ1n) is 6.95. The average Bonchev–Trinajstić information content (AvgIpc) is 2.53. The van der Waals surface area contributed by atoms with Crippen LogP contribution in [0.15, 0.2) is 59.6 Å². The van der Waals surface area contributed by atoms with E-state index in [4.69, 9.17) is 10.5 Å². The highest BCUT2D eigenvalue weighted by atomic mass is 16.5. The van der Waals surface area contributed by atoms with Crippen molar-refractivity contribution in [1.29, 1.82) is 0 Å². The van der Waals surface area contributed by atoms with Crippen LogP contribution in [0.2, 0.25) is 0 Å². The predicted molar refractivity (Wildman–Crippen MR) is 88.0 cm³/mol. The Morgan fingerprint density at radius 2 is 1.81 bits per heavy atom. The van der Waals surface area contributed by atoms with Gasteiger partial charge in [-0.1, -0.05) is 43.3 Å². The van der Waals surface area contributed by atoms with E-state index in [1.54, 1.807) is 7.11 Å². The first-order chi connectivity index (χ1) is 10.2. The summed E-state index contributed by atoms with van der Waals surface area (Å²) in [4.78, 5) is 4.40. The molecule has 0 saturated heterocycles. The molecular weight excluding hydrogens is 262 g/mol. The van der Waals surface area contributed by atoms with E-state index >= 15 is 0 Å². The van der Waals surface area contributed by atoms with E-state index in [0.29, 0.717) is 12.5 Å². The highest BCUT2D eigenvalue weighted by Gasteiger charge is 2.10. The number of aliphatic imine (C=N–C) groups is 1. The minimum absolute atomic E-state index is 0.234. The van der Waals surface area contributed by atoms with E-state index < -0.39 is 0 Å². The lowest BCUT2D eigenvalue weighted by molar-refractivity contribution is 0.407. The first kappa shape index (κ1) is 14.9. The molecule has 3 N–H and O–H groups in total. The molecule has 110 valence electrons. The zero-order valence-electron chi connectivity index (χ0n) is 12.4. The van der Waals surface area contributed by atoms with E-state index in [1.807, 2.05) is 48.5 Å². The third-order valence-corrected chi connectivity index (χ3v) is 3.25. The number of anilines is 1. The Labute approximate surface area is 125 Å². The molecule has 0 radical (unpaired) electrons. The highest BCUT2D eigenvalue weighted by molar-refractivity contribution is 5.92. The van der Waals surface area contributed by atoms with E-state index in [-0.39, 0.29) is 5.92 Å². The molecule has 0 heterocycles. The summed E-state index contributed by atoms with van der Waals surface area (Å²) in [5.41, 5.74) is 7.98. The molecule has 0 fully saturated rings. The standard InChI is InChI=1S/C17H21N3O/c1-13(15-10-6-7-11-16(15)21-2)12-19-17(18)20-14-8-4-3-5-9-14/h3-11,13H,12H2,1-2H3,(H3,18,19,20). The summed E-state index contributed by atoms with van der Waals surface area (Å²) in [6.07, 6.45) is 0. The number of nitrogens with two attached hydrogens (primary N) is 1. The van der Waals surface area contributed by atoms with Crippen LogP contribution in [0.25, 0.3) is 0 Å². The molecule has 0 spiro atoms. The van der Waals surface area contributed by atoms with Gasteiger partial charge in [0, 0.05) is 18.2 Å². The minimum Gasteiger partial charge on any atom is -0.496 e. The lowest BCUT2D eigenvalue weighted by atomic mass is 10.0. The minimum atomic E-state index is 0.234. The molecule has 0 aliphatic rings. The SMILES string of the molecule is COc1ccccc1C(C)CN=C(N)Nc1ccccc1. The third-order valence-electron chi connectivity index (χ3n) is 3.25. The average molecular weight is 283 g/mol. The van der Waals surface area contributed by atoms with Gasteiger partial charge in [-0.2, -0.15) is 0 Å². The van der Waals surface area contributed by atoms with Gasteiger partial charge in [0.05, 0.1) is 7.11 Å². The maximum atomic E-state index is 5.91. The fourth-order valence-electron chi connectivity index (χ4n) is 2.12. The fourth-order valence-corrected chi connectivity index (χ4v) is 2.12. The van der Waals surface area contributed by atoms with Crippen molar-refractivity contribution < 1.29 is 4.74 Å². The van der Waals surface area contributed by atoms with Crippen LogP contribution >= 0.6 is 0 Å². The molecule has 1 unspecified atom stereocenters. The zero-order chi connectivity index (χ0) is 15.1. The zero-order valence-corrected chi connectivity index (χ0v) is 12.4. The van der Waals surface area contributed by atoms with E-state index in [1.165, 1.54) is 0 Å². The van der Waals surface area contributed by atoms with Crippen LogP contribution in [0, 0.1) is 0 Å². The van der Waals surface area contributed by atoms with Crippen LogP contribution in [-0.4, -0.2) is 19.6 Å². The fraction of sp³-hybridized carbons (Fsp3) is 0.235. The maximum Gasteiger partial charge on any atom is 0.193 e. The Balaban J connectivity index is 1.99. The van der Waals surface area contributed by atoms with Crippen LogP contribution in [-0.2, 0) is 0 Å². The Hall–Kier alpha value is -2.49. The van der Waals surface area contributed by atoms with Crippen molar-refractivity contribution in [2.45, 2.75) is 12.8 Å². The van der Waals surface area contributed by atoms with Gasteiger partial charge in [0.1, 0.15) is 5.75 Å². The summed E-state index contributed by atoms with van der Waals surface area (Å²) in [7, 11) is 1.68. The second-order valence-corrected chi connectivity index (χ2v) is 4.86. The maximum absolute atomic E-state index is 5.91. The van der Waals surface area contributed by atoms with Crippen LogP contribution in [0.4, 0.5) is 5.69 Å².